The maximum Gasteiger partial charge on any atom is 0.282 e. The van der Waals surface area contributed by atoms with Crippen molar-refractivity contribution in [3.05, 3.63) is 41.1 Å². The number of amides is 1. The SMILES string of the molecule is CN1CC[C@@](O)(C#Cc2cc(-n3nc(C(F)F)c4c(N)ncnc43)cc(CC(C)(C)O)c2F)C1=O. The van der Waals surface area contributed by atoms with Crippen LogP contribution in [-0.4, -0.2) is 65.6 Å². The zero-order valence-electron chi connectivity index (χ0n) is 19.2. The fourth-order valence-electron chi connectivity index (χ4n) is 3.95. The summed E-state index contributed by atoms with van der Waals surface area (Å²) in [7, 11) is 1.52. The number of likely N-dealkylation sites (tertiary alicyclic amines) is 1. The summed E-state index contributed by atoms with van der Waals surface area (Å²) in [6.45, 7) is 3.24. The first-order valence-corrected chi connectivity index (χ1v) is 10.6. The van der Waals surface area contributed by atoms with E-state index in [4.69, 9.17) is 5.73 Å². The Morgan fingerprint density at radius 1 is 1.31 bits per heavy atom. The lowest BCUT2D eigenvalue weighted by atomic mass is 9.95. The Labute approximate surface area is 198 Å². The number of carbonyl (C=O) groups is 1. The molecule has 1 fully saturated rings. The van der Waals surface area contributed by atoms with Crippen molar-refractivity contribution in [1.29, 1.82) is 0 Å². The van der Waals surface area contributed by atoms with Crippen LogP contribution in [0.4, 0.5) is 19.0 Å². The Kier molecular flexibility index (Phi) is 5.94. The van der Waals surface area contributed by atoms with E-state index in [1.54, 1.807) is 0 Å². The molecule has 35 heavy (non-hydrogen) atoms. The van der Waals surface area contributed by atoms with Crippen LogP contribution in [0.3, 0.4) is 0 Å². The van der Waals surface area contributed by atoms with Gasteiger partial charge in [0.25, 0.3) is 12.3 Å². The Morgan fingerprint density at radius 3 is 2.63 bits per heavy atom. The summed E-state index contributed by atoms with van der Waals surface area (Å²) in [5.74, 6) is 3.39. The van der Waals surface area contributed by atoms with Crippen molar-refractivity contribution in [3.63, 3.8) is 0 Å². The fourth-order valence-corrected chi connectivity index (χ4v) is 3.95. The monoisotopic (exact) mass is 488 g/mol. The van der Waals surface area contributed by atoms with E-state index in [9.17, 15) is 23.8 Å². The summed E-state index contributed by atoms with van der Waals surface area (Å²) < 4.78 is 43.8. The van der Waals surface area contributed by atoms with Gasteiger partial charge >= 0.3 is 0 Å². The van der Waals surface area contributed by atoms with E-state index >= 15 is 4.39 Å². The number of anilines is 1. The Balaban J connectivity index is 1.93. The number of nitrogens with two attached hydrogens (primary N) is 1. The van der Waals surface area contributed by atoms with Gasteiger partial charge in [-0.15, -0.1) is 0 Å². The van der Waals surface area contributed by atoms with Gasteiger partial charge in [0.1, 0.15) is 23.7 Å². The minimum Gasteiger partial charge on any atom is -0.390 e. The average Bonchev–Trinajstić information content (AvgIpc) is 3.28. The zero-order chi connectivity index (χ0) is 25.7. The molecule has 0 bridgehead atoms. The first kappa shape index (κ1) is 24.4. The maximum absolute atomic E-state index is 15.4. The molecule has 9 nitrogen and oxygen atoms in total. The number of aromatic nitrogens is 4. The van der Waals surface area contributed by atoms with E-state index < -0.39 is 35.0 Å². The first-order valence-electron chi connectivity index (χ1n) is 10.6. The van der Waals surface area contributed by atoms with Gasteiger partial charge in [0.15, 0.2) is 5.65 Å². The number of fused-ring (bicyclic) bond motifs is 1. The summed E-state index contributed by atoms with van der Waals surface area (Å²) >= 11 is 0. The molecule has 0 aliphatic carbocycles. The molecule has 0 unspecified atom stereocenters. The summed E-state index contributed by atoms with van der Waals surface area (Å²) in [4.78, 5) is 21.3. The molecule has 1 saturated heterocycles. The molecule has 3 heterocycles. The van der Waals surface area contributed by atoms with Crippen LogP contribution in [-0.2, 0) is 11.2 Å². The van der Waals surface area contributed by atoms with Crippen LogP contribution in [0.15, 0.2) is 18.5 Å². The number of aliphatic hydroxyl groups is 2. The van der Waals surface area contributed by atoms with E-state index in [1.807, 2.05) is 0 Å². The van der Waals surface area contributed by atoms with Crippen molar-refractivity contribution in [2.24, 2.45) is 0 Å². The van der Waals surface area contributed by atoms with Gasteiger partial charge in [0, 0.05) is 26.4 Å². The number of benzene rings is 1. The molecule has 4 N–H and O–H groups in total. The molecule has 1 amide bonds. The second-order valence-electron chi connectivity index (χ2n) is 9.10. The number of likely N-dealkylation sites (N-methyl/N-ethyl adjacent to an activating group) is 1. The topological polar surface area (TPSA) is 130 Å². The highest BCUT2D eigenvalue weighted by molar-refractivity contribution is 5.91. The molecule has 1 aliphatic rings. The first-order chi connectivity index (χ1) is 16.3. The predicted molar refractivity (Wildman–Crippen MR) is 120 cm³/mol. The van der Waals surface area contributed by atoms with E-state index in [1.165, 1.54) is 37.9 Å². The largest absolute Gasteiger partial charge is 0.390 e. The third kappa shape index (κ3) is 4.52. The Bertz CT molecular complexity index is 1390. The van der Waals surface area contributed by atoms with Gasteiger partial charge in [0.2, 0.25) is 5.60 Å². The fraction of sp³-hybridized carbons (Fsp3) is 0.391. The van der Waals surface area contributed by atoms with Crippen molar-refractivity contribution in [2.75, 3.05) is 19.3 Å². The van der Waals surface area contributed by atoms with Crippen LogP contribution in [0.25, 0.3) is 16.7 Å². The smallest absolute Gasteiger partial charge is 0.282 e. The standard InChI is InChI=1S/C23H23F3N6O3/c1-22(2,34)10-13-9-14(32-20-15(17(30-32)18(25)26)19(27)28-11-29-20)8-12(16(13)24)4-5-23(35)6-7-31(3)21(23)33/h8-9,11,18,34-35H,6-7,10H2,1-3H3,(H2,27,28,29)/t23-/m0/s1. The van der Waals surface area contributed by atoms with Crippen molar-refractivity contribution in [3.8, 4) is 17.5 Å². The summed E-state index contributed by atoms with van der Waals surface area (Å²) in [5.41, 5.74) is 1.74. The second-order valence-corrected chi connectivity index (χ2v) is 9.10. The molecule has 4 rings (SSSR count). The lowest BCUT2D eigenvalue weighted by Crippen LogP contribution is -2.37. The van der Waals surface area contributed by atoms with Crippen LogP contribution in [0.1, 0.15) is 43.5 Å². The average molecular weight is 488 g/mol. The molecule has 1 aromatic carbocycles. The number of hydrogen-bond acceptors (Lipinski definition) is 7. The molecule has 184 valence electrons. The number of nitrogen functional groups attached to an aromatic ring is 1. The van der Waals surface area contributed by atoms with Crippen molar-refractivity contribution in [2.45, 2.75) is 44.3 Å². The van der Waals surface area contributed by atoms with Gasteiger partial charge in [0.05, 0.1) is 22.2 Å². The third-order valence-corrected chi connectivity index (χ3v) is 5.64. The normalized spacial score (nSPS) is 18.4. The molecule has 12 heteroatoms. The lowest BCUT2D eigenvalue weighted by molar-refractivity contribution is -0.137. The van der Waals surface area contributed by atoms with E-state index in [0.717, 1.165) is 11.0 Å². The van der Waals surface area contributed by atoms with Crippen molar-refractivity contribution < 1.29 is 28.2 Å². The van der Waals surface area contributed by atoms with Gasteiger partial charge in [-0.05, 0) is 31.5 Å². The highest BCUT2D eigenvalue weighted by atomic mass is 19.3. The lowest BCUT2D eigenvalue weighted by Gasteiger charge is -2.19. The minimum absolute atomic E-state index is 0.0189. The van der Waals surface area contributed by atoms with Crippen molar-refractivity contribution in [1.82, 2.24) is 24.6 Å². The number of hydrogen-bond donors (Lipinski definition) is 3. The molecule has 3 aromatic rings. The van der Waals surface area contributed by atoms with Gasteiger partial charge in [-0.2, -0.15) is 5.10 Å². The molecule has 1 aliphatic heterocycles. The molecular weight excluding hydrogens is 465 g/mol. The minimum atomic E-state index is -2.98. The van der Waals surface area contributed by atoms with Gasteiger partial charge in [-0.25, -0.2) is 27.8 Å². The van der Waals surface area contributed by atoms with Crippen LogP contribution < -0.4 is 5.73 Å². The molecule has 0 spiro atoms. The summed E-state index contributed by atoms with van der Waals surface area (Å²) in [6.07, 6.45) is -2.00. The quantitative estimate of drug-likeness (QED) is 0.477. The van der Waals surface area contributed by atoms with E-state index in [-0.39, 0.29) is 53.1 Å². The molecule has 0 radical (unpaired) electrons. The highest BCUT2D eigenvalue weighted by Crippen LogP contribution is 2.32. The van der Waals surface area contributed by atoms with Crippen LogP contribution >= 0.6 is 0 Å². The van der Waals surface area contributed by atoms with E-state index in [2.05, 4.69) is 26.9 Å². The summed E-state index contributed by atoms with van der Waals surface area (Å²) in [5, 5.41) is 24.7. The molecule has 1 atom stereocenters. The number of nitrogens with zero attached hydrogens (tertiary/aromatic N) is 5. The highest BCUT2D eigenvalue weighted by Gasteiger charge is 2.42. The number of halogens is 3. The summed E-state index contributed by atoms with van der Waals surface area (Å²) in [6, 6.07) is 2.57. The zero-order valence-corrected chi connectivity index (χ0v) is 19.2. The number of carbonyl (C=O) groups excluding carboxylic acids is 1. The van der Waals surface area contributed by atoms with Crippen LogP contribution in [0, 0.1) is 17.7 Å². The van der Waals surface area contributed by atoms with Crippen molar-refractivity contribution >= 4 is 22.8 Å². The Hall–Kier alpha value is -3.69. The van der Waals surface area contributed by atoms with Crippen LogP contribution in [0.2, 0.25) is 0 Å². The van der Waals surface area contributed by atoms with Gasteiger partial charge in [-0.1, -0.05) is 11.8 Å². The second kappa shape index (κ2) is 8.51. The van der Waals surface area contributed by atoms with Gasteiger partial charge in [-0.3, -0.25) is 4.79 Å². The Morgan fingerprint density at radius 2 is 2.03 bits per heavy atom. The number of rotatable bonds is 4. The molecule has 2 aromatic heterocycles. The van der Waals surface area contributed by atoms with Crippen LogP contribution in [0.5, 0.6) is 0 Å². The molecular formula is C23H23F3N6O3. The number of alkyl halides is 2. The predicted octanol–water partition coefficient (Wildman–Crippen LogP) is 1.73. The van der Waals surface area contributed by atoms with Gasteiger partial charge < -0.3 is 20.8 Å². The molecule has 0 saturated carbocycles. The maximum atomic E-state index is 15.4. The third-order valence-electron chi connectivity index (χ3n) is 5.64. The van der Waals surface area contributed by atoms with E-state index in [0.29, 0.717) is 0 Å².